The molecule has 0 bridgehead atoms. The van der Waals surface area contributed by atoms with Gasteiger partial charge in [0.05, 0.1) is 31.5 Å². The topological polar surface area (TPSA) is 92.9 Å². The minimum absolute atomic E-state index is 0.0243. The van der Waals surface area contributed by atoms with Gasteiger partial charge >= 0.3 is 0 Å². The maximum absolute atomic E-state index is 14.0. The monoisotopic (exact) mass is 324 g/mol. The molecule has 0 radical (unpaired) electrons. The van der Waals surface area contributed by atoms with E-state index in [1.165, 1.54) is 0 Å². The van der Waals surface area contributed by atoms with Crippen LogP contribution in [0.15, 0.2) is 17.0 Å². The summed E-state index contributed by atoms with van der Waals surface area (Å²) in [7, 11) is -4.15. The number of morpholine rings is 1. The third-order valence-electron chi connectivity index (χ3n) is 3.00. The molecule has 3 N–H and O–H groups in total. The van der Waals surface area contributed by atoms with E-state index in [4.69, 9.17) is 22.1 Å². The highest BCUT2D eigenvalue weighted by atomic mass is 35.5. The number of sulfonamides is 1. The molecule has 0 spiro atoms. The normalized spacial score (nSPS) is 21.1. The molecule has 0 aliphatic carbocycles. The van der Waals surface area contributed by atoms with Crippen molar-refractivity contribution in [2.24, 2.45) is 0 Å². The van der Waals surface area contributed by atoms with E-state index in [1.54, 1.807) is 0 Å². The first kappa shape index (κ1) is 15.5. The van der Waals surface area contributed by atoms with Crippen molar-refractivity contribution in [3.05, 3.63) is 23.0 Å². The molecule has 9 heteroatoms. The second kappa shape index (κ2) is 5.82. The Labute approximate surface area is 120 Å². The number of hydrogen-bond acceptors (Lipinski definition) is 5. The lowest BCUT2D eigenvalue weighted by Gasteiger charge is -2.33. The van der Waals surface area contributed by atoms with Crippen molar-refractivity contribution < 1.29 is 22.7 Å². The van der Waals surface area contributed by atoms with E-state index in [2.05, 4.69) is 0 Å². The summed E-state index contributed by atoms with van der Waals surface area (Å²) >= 11 is 5.73. The lowest BCUT2D eigenvalue weighted by atomic mass is 10.3. The van der Waals surface area contributed by atoms with Crippen molar-refractivity contribution in [1.29, 1.82) is 0 Å². The van der Waals surface area contributed by atoms with Crippen molar-refractivity contribution in [2.45, 2.75) is 10.9 Å². The van der Waals surface area contributed by atoms with E-state index < -0.39 is 33.4 Å². The molecule has 0 amide bonds. The Bertz CT molecular complexity index is 611. The van der Waals surface area contributed by atoms with E-state index in [-0.39, 0.29) is 30.5 Å². The first-order valence-corrected chi connectivity index (χ1v) is 7.64. The highest BCUT2D eigenvalue weighted by Crippen LogP contribution is 2.29. The standard InChI is InChI=1S/C11H14ClFN2O4S/c12-7-3-9(14)11(13)10(4-7)20(17,18)15-1-2-19-6-8(15)5-16/h3-4,8,16H,1-2,5-6,14H2. The van der Waals surface area contributed by atoms with Gasteiger partial charge in [0, 0.05) is 11.6 Å². The average molecular weight is 325 g/mol. The number of aliphatic hydroxyl groups is 1. The maximum Gasteiger partial charge on any atom is 0.246 e. The molecule has 1 fully saturated rings. The molecule has 0 aromatic heterocycles. The van der Waals surface area contributed by atoms with E-state index >= 15 is 0 Å². The Morgan fingerprint density at radius 2 is 2.25 bits per heavy atom. The van der Waals surface area contributed by atoms with Crippen LogP contribution in [0.4, 0.5) is 10.1 Å². The summed E-state index contributed by atoms with van der Waals surface area (Å²) in [5, 5.41) is 9.24. The molecule has 2 rings (SSSR count). The smallest absolute Gasteiger partial charge is 0.246 e. The predicted octanol–water partition coefficient (Wildman–Crippen LogP) is 0.443. The summed E-state index contributed by atoms with van der Waals surface area (Å²) in [4.78, 5) is -0.595. The number of nitrogens with two attached hydrogens (primary N) is 1. The Morgan fingerprint density at radius 1 is 1.55 bits per heavy atom. The van der Waals surface area contributed by atoms with Gasteiger partial charge in [0.1, 0.15) is 4.90 Å². The number of aliphatic hydroxyl groups excluding tert-OH is 1. The molecule has 20 heavy (non-hydrogen) atoms. The summed E-state index contributed by atoms with van der Waals surface area (Å²) in [5.74, 6) is -1.04. The number of hydrogen-bond donors (Lipinski definition) is 2. The number of nitrogen functional groups attached to an aromatic ring is 1. The quantitative estimate of drug-likeness (QED) is 0.787. The molecule has 1 aliphatic rings. The average Bonchev–Trinajstić information content (AvgIpc) is 2.42. The Balaban J connectivity index is 2.49. The highest BCUT2D eigenvalue weighted by molar-refractivity contribution is 7.89. The number of nitrogens with zero attached hydrogens (tertiary/aromatic N) is 1. The third-order valence-corrected chi connectivity index (χ3v) is 5.17. The predicted molar refractivity (Wildman–Crippen MR) is 71.4 cm³/mol. The van der Waals surface area contributed by atoms with E-state index in [0.717, 1.165) is 16.4 Å². The zero-order chi connectivity index (χ0) is 14.9. The van der Waals surface area contributed by atoms with Crippen LogP contribution in [-0.2, 0) is 14.8 Å². The fourth-order valence-electron chi connectivity index (χ4n) is 2.00. The molecule has 1 saturated heterocycles. The van der Waals surface area contributed by atoms with E-state index in [9.17, 15) is 17.9 Å². The van der Waals surface area contributed by atoms with Gasteiger partial charge in [-0.05, 0) is 12.1 Å². The molecular formula is C11H14ClFN2O4S. The molecule has 1 aromatic carbocycles. The van der Waals surface area contributed by atoms with Gasteiger partial charge in [0.15, 0.2) is 5.82 Å². The van der Waals surface area contributed by atoms with E-state index in [0.29, 0.717) is 0 Å². The molecule has 1 atom stereocenters. The molecule has 1 unspecified atom stereocenters. The van der Waals surface area contributed by atoms with Gasteiger partial charge in [-0.3, -0.25) is 0 Å². The van der Waals surface area contributed by atoms with Gasteiger partial charge < -0.3 is 15.6 Å². The second-order valence-corrected chi connectivity index (χ2v) is 6.63. The van der Waals surface area contributed by atoms with Gasteiger partial charge in [0.2, 0.25) is 10.0 Å². The van der Waals surface area contributed by atoms with Gasteiger partial charge in [-0.25, -0.2) is 12.8 Å². The summed E-state index contributed by atoms with van der Waals surface area (Å²) < 4.78 is 45.1. The van der Waals surface area contributed by atoms with E-state index in [1.807, 2.05) is 0 Å². The van der Waals surface area contributed by atoms with Crippen molar-refractivity contribution in [2.75, 3.05) is 32.1 Å². The molecular weight excluding hydrogens is 311 g/mol. The lowest BCUT2D eigenvalue weighted by molar-refractivity contribution is 0.0108. The fourth-order valence-corrected chi connectivity index (χ4v) is 4.00. The van der Waals surface area contributed by atoms with Gasteiger partial charge in [-0.1, -0.05) is 11.6 Å². The van der Waals surface area contributed by atoms with Crippen LogP contribution in [0, 0.1) is 5.82 Å². The van der Waals surface area contributed by atoms with Crippen LogP contribution in [0.3, 0.4) is 0 Å². The van der Waals surface area contributed by atoms with Crippen LogP contribution >= 0.6 is 11.6 Å². The summed E-state index contributed by atoms with van der Waals surface area (Å²) in [6.07, 6.45) is 0. The summed E-state index contributed by atoms with van der Waals surface area (Å²) in [6.45, 7) is -0.170. The number of anilines is 1. The first-order chi connectivity index (χ1) is 9.37. The van der Waals surface area contributed by atoms with Crippen LogP contribution in [-0.4, -0.2) is 50.2 Å². The Kier molecular flexibility index (Phi) is 4.50. The molecule has 112 valence electrons. The summed E-state index contributed by atoms with van der Waals surface area (Å²) in [6, 6.07) is 1.39. The fraction of sp³-hybridized carbons (Fsp3) is 0.455. The van der Waals surface area contributed by atoms with Crippen LogP contribution in [0.2, 0.25) is 5.02 Å². The van der Waals surface area contributed by atoms with Gasteiger partial charge in [0.25, 0.3) is 0 Å². The maximum atomic E-state index is 14.0. The number of halogens is 2. The minimum atomic E-state index is -4.15. The van der Waals surface area contributed by atoms with Crippen molar-refractivity contribution in [3.8, 4) is 0 Å². The lowest BCUT2D eigenvalue weighted by Crippen LogP contribution is -2.50. The zero-order valence-electron chi connectivity index (χ0n) is 10.4. The van der Waals surface area contributed by atoms with Gasteiger partial charge in [-0.2, -0.15) is 4.31 Å². The van der Waals surface area contributed by atoms with Crippen LogP contribution in [0.25, 0.3) is 0 Å². The molecule has 0 saturated carbocycles. The van der Waals surface area contributed by atoms with Crippen molar-refractivity contribution >= 4 is 27.3 Å². The highest BCUT2D eigenvalue weighted by Gasteiger charge is 2.36. The number of ether oxygens (including phenoxy) is 1. The zero-order valence-corrected chi connectivity index (χ0v) is 12.0. The SMILES string of the molecule is Nc1cc(Cl)cc(S(=O)(=O)N2CCOCC2CO)c1F. The minimum Gasteiger partial charge on any atom is -0.396 e. The number of rotatable bonds is 3. The molecule has 1 aromatic rings. The molecule has 1 heterocycles. The first-order valence-electron chi connectivity index (χ1n) is 5.83. The Hall–Kier alpha value is -0.930. The number of benzene rings is 1. The van der Waals surface area contributed by atoms with Crippen LogP contribution in [0.1, 0.15) is 0 Å². The molecule has 6 nitrogen and oxygen atoms in total. The second-order valence-electron chi connectivity index (χ2n) is 4.33. The van der Waals surface area contributed by atoms with Crippen molar-refractivity contribution in [3.63, 3.8) is 0 Å². The summed E-state index contributed by atoms with van der Waals surface area (Å²) in [5.41, 5.74) is 5.06. The molecule has 1 aliphatic heterocycles. The van der Waals surface area contributed by atoms with Crippen molar-refractivity contribution in [1.82, 2.24) is 4.31 Å². The third kappa shape index (κ3) is 2.75. The Morgan fingerprint density at radius 3 is 2.90 bits per heavy atom. The van der Waals surface area contributed by atoms with Crippen LogP contribution < -0.4 is 5.73 Å². The van der Waals surface area contributed by atoms with Gasteiger partial charge in [-0.15, -0.1) is 0 Å². The largest absolute Gasteiger partial charge is 0.396 e. The van der Waals surface area contributed by atoms with Crippen LogP contribution in [0.5, 0.6) is 0 Å².